The number of sulfonamides is 1. The highest BCUT2D eigenvalue weighted by Crippen LogP contribution is 2.10. The average Bonchev–Trinajstić information content (AvgIpc) is 3.13. The van der Waals surface area contributed by atoms with Gasteiger partial charge >= 0.3 is 0 Å². The average molecular weight is 329 g/mol. The fraction of sp³-hybridized carbons (Fsp3) is 0.692. The van der Waals surface area contributed by atoms with Crippen LogP contribution < -0.4 is 10.0 Å². The maximum absolute atomic E-state index is 12.4. The van der Waals surface area contributed by atoms with Gasteiger partial charge < -0.3 is 10.2 Å². The zero-order valence-corrected chi connectivity index (χ0v) is 13.8. The first-order chi connectivity index (χ1) is 10.4. The Balaban J connectivity index is 1.97. The topological polar surface area (TPSA) is 96.3 Å². The summed E-state index contributed by atoms with van der Waals surface area (Å²) in [6, 6.07) is 0.148. The Morgan fingerprint density at radius 2 is 2.36 bits per heavy atom. The molecule has 1 atom stereocenters. The van der Waals surface area contributed by atoms with Crippen molar-refractivity contribution in [1.82, 2.24) is 24.7 Å². The Bertz CT molecular complexity index is 607. The summed E-state index contributed by atoms with van der Waals surface area (Å²) in [5.74, 6) is -0.192. The van der Waals surface area contributed by atoms with Crippen molar-refractivity contribution in [1.29, 1.82) is 0 Å². The van der Waals surface area contributed by atoms with Crippen molar-refractivity contribution in [3.63, 3.8) is 0 Å². The van der Waals surface area contributed by atoms with Gasteiger partial charge in [-0.3, -0.25) is 9.48 Å². The smallest absolute Gasteiger partial charge is 0.244 e. The third-order valence-corrected chi connectivity index (χ3v) is 5.02. The Hall–Kier alpha value is -1.45. The van der Waals surface area contributed by atoms with Crippen LogP contribution in [0.2, 0.25) is 0 Å². The number of rotatable bonds is 7. The molecule has 0 saturated carbocycles. The molecule has 1 amide bonds. The van der Waals surface area contributed by atoms with E-state index in [-0.39, 0.29) is 23.4 Å². The van der Waals surface area contributed by atoms with Crippen molar-refractivity contribution >= 4 is 15.9 Å². The van der Waals surface area contributed by atoms with Crippen molar-refractivity contribution in [3.8, 4) is 0 Å². The number of hydrogen-bond acceptors (Lipinski definition) is 5. The minimum Gasteiger partial charge on any atom is -0.337 e. The quantitative estimate of drug-likeness (QED) is 0.689. The largest absolute Gasteiger partial charge is 0.337 e. The standard InChI is InChI=1S/C13H23N5O3S/c1-3-6-18(11-4-5-14-7-11)13(19)9-16-22(20,21)12-8-15-17(2)10-12/h8,10-11,14,16H,3-7,9H2,1-2H3. The lowest BCUT2D eigenvalue weighted by Gasteiger charge is -2.28. The second kappa shape index (κ2) is 7.21. The van der Waals surface area contributed by atoms with Crippen molar-refractivity contribution in [3.05, 3.63) is 12.4 Å². The number of hydrogen-bond donors (Lipinski definition) is 2. The maximum atomic E-state index is 12.4. The first-order valence-electron chi connectivity index (χ1n) is 7.42. The molecule has 0 bridgehead atoms. The van der Waals surface area contributed by atoms with Crippen molar-refractivity contribution in [2.75, 3.05) is 26.2 Å². The Morgan fingerprint density at radius 3 is 2.91 bits per heavy atom. The van der Waals surface area contributed by atoms with Crippen LogP contribution in [0.15, 0.2) is 17.3 Å². The lowest BCUT2D eigenvalue weighted by molar-refractivity contribution is -0.131. The molecule has 9 heteroatoms. The van der Waals surface area contributed by atoms with Crippen LogP contribution >= 0.6 is 0 Å². The summed E-state index contributed by atoms with van der Waals surface area (Å²) in [6.07, 6.45) is 4.41. The Labute approximate surface area is 130 Å². The molecule has 2 N–H and O–H groups in total. The van der Waals surface area contributed by atoms with Gasteiger partial charge in [-0.05, 0) is 19.4 Å². The first kappa shape index (κ1) is 16.9. The predicted octanol–water partition coefficient (Wildman–Crippen LogP) is -0.701. The molecule has 124 valence electrons. The van der Waals surface area contributed by atoms with Gasteiger partial charge in [-0.1, -0.05) is 6.92 Å². The fourth-order valence-electron chi connectivity index (χ4n) is 2.54. The summed E-state index contributed by atoms with van der Waals surface area (Å²) in [6.45, 7) is 4.07. The second-order valence-electron chi connectivity index (χ2n) is 5.41. The molecule has 1 aromatic heterocycles. The summed E-state index contributed by atoms with van der Waals surface area (Å²) in [5, 5.41) is 7.05. The van der Waals surface area contributed by atoms with Crippen LogP contribution in [0, 0.1) is 0 Å². The van der Waals surface area contributed by atoms with E-state index in [1.807, 2.05) is 6.92 Å². The highest BCUT2D eigenvalue weighted by atomic mass is 32.2. The van der Waals surface area contributed by atoms with Gasteiger partial charge in [-0.2, -0.15) is 5.10 Å². The number of amides is 1. The molecule has 8 nitrogen and oxygen atoms in total. The summed E-state index contributed by atoms with van der Waals surface area (Å²) in [7, 11) is -2.06. The Kier molecular flexibility index (Phi) is 5.54. The van der Waals surface area contributed by atoms with Gasteiger partial charge in [0.25, 0.3) is 0 Å². The molecule has 0 aromatic carbocycles. The predicted molar refractivity (Wildman–Crippen MR) is 81.7 cm³/mol. The van der Waals surface area contributed by atoms with Crippen LogP contribution in [0.1, 0.15) is 19.8 Å². The molecule has 2 rings (SSSR count). The van der Waals surface area contributed by atoms with E-state index in [1.165, 1.54) is 17.1 Å². The summed E-state index contributed by atoms with van der Waals surface area (Å²) in [4.78, 5) is 14.2. The maximum Gasteiger partial charge on any atom is 0.244 e. The van der Waals surface area contributed by atoms with E-state index in [1.54, 1.807) is 11.9 Å². The van der Waals surface area contributed by atoms with E-state index in [0.29, 0.717) is 6.54 Å². The lowest BCUT2D eigenvalue weighted by atomic mass is 10.2. The van der Waals surface area contributed by atoms with Crippen LogP contribution in [-0.2, 0) is 21.9 Å². The molecule has 1 aliphatic rings. The zero-order chi connectivity index (χ0) is 16.2. The fourth-order valence-corrected chi connectivity index (χ4v) is 3.49. The van der Waals surface area contributed by atoms with Gasteiger partial charge in [0.15, 0.2) is 0 Å². The summed E-state index contributed by atoms with van der Waals surface area (Å²) < 4.78 is 28.0. The van der Waals surface area contributed by atoms with Crippen LogP contribution in [0.5, 0.6) is 0 Å². The van der Waals surface area contributed by atoms with Crippen LogP contribution in [0.25, 0.3) is 0 Å². The minimum absolute atomic E-state index is 0.0624. The van der Waals surface area contributed by atoms with Crippen LogP contribution in [0.4, 0.5) is 0 Å². The number of carbonyl (C=O) groups excluding carboxylic acids is 1. The molecular formula is C13H23N5O3S. The van der Waals surface area contributed by atoms with E-state index in [9.17, 15) is 13.2 Å². The molecule has 1 saturated heterocycles. The molecule has 1 fully saturated rings. The molecule has 1 aromatic rings. The van der Waals surface area contributed by atoms with Gasteiger partial charge in [0.05, 0.1) is 12.7 Å². The summed E-state index contributed by atoms with van der Waals surface area (Å²) in [5.41, 5.74) is 0. The molecule has 0 radical (unpaired) electrons. The lowest BCUT2D eigenvalue weighted by Crippen LogP contribution is -2.46. The van der Waals surface area contributed by atoms with Gasteiger partial charge in [0.1, 0.15) is 4.90 Å². The number of aryl methyl sites for hydroxylation is 1. The van der Waals surface area contributed by atoms with E-state index in [4.69, 9.17) is 0 Å². The number of carbonyl (C=O) groups is 1. The summed E-state index contributed by atoms with van der Waals surface area (Å²) >= 11 is 0. The third kappa shape index (κ3) is 4.05. The first-order valence-corrected chi connectivity index (χ1v) is 8.91. The van der Waals surface area contributed by atoms with Crippen LogP contribution in [0.3, 0.4) is 0 Å². The van der Waals surface area contributed by atoms with Gasteiger partial charge in [-0.15, -0.1) is 0 Å². The number of aromatic nitrogens is 2. The molecule has 0 spiro atoms. The Morgan fingerprint density at radius 1 is 1.59 bits per heavy atom. The highest BCUT2D eigenvalue weighted by Gasteiger charge is 2.27. The highest BCUT2D eigenvalue weighted by molar-refractivity contribution is 7.89. The zero-order valence-electron chi connectivity index (χ0n) is 12.9. The SMILES string of the molecule is CCCN(C(=O)CNS(=O)(=O)c1cnn(C)c1)C1CCNC1. The van der Waals surface area contributed by atoms with Gasteiger partial charge in [0.2, 0.25) is 15.9 Å². The molecule has 1 unspecified atom stereocenters. The monoisotopic (exact) mass is 329 g/mol. The molecule has 0 aliphatic carbocycles. The van der Waals surface area contributed by atoms with Crippen molar-refractivity contribution < 1.29 is 13.2 Å². The van der Waals surface area contributed by atoms with E-state index in [2.05, 4.69) is 15.1 Å². The van der Waals surface area contributed by atoms with E-state index >= 15 is 0 Å². The molecule has 1 aliphatic heterocycles. The van der Waals surface area contributed by atoms with E-state index < -0.39 is 10.0 Å². The van der Waals surface area contributed by atoms with Gasteiger partial charge in [0, 0.05) is 32.4 Å². The normalized spacial score (nSPS) is 18.5. The van der Waals surface area contributed by atoms with Gasteiger partial charge in [-0.25, -0.2) is 13.1 Å². The number of nitrogens with zero attached hydrogens (tertiary/aromatic N) is 3. The molecule has 22 heavy (non-hydrogen) atoms. The second-order valence-corrected chi connectivity index (χ2v) is 7.17. The minimum atomic E-state index is -3.70. The van der Waals surface area contributed by atoms with Crippen molar-refractivity contribution in [2.45, 2.75) is 30.7 Å². The van der Waals surface area contributed by atoms with Crippen molar-refractivity contribution in [2.24, 2.45) is 7.05 Å². The number of nitrogens with one attached hydrogen (secondary N) is 2. The van der Waals surface area contributed by atoms with E-state index in [0.717, 1.165) is 25.9 Å². The molecule has 2 heterocycles. The third-order valence-electron chi connectivity index (χ3n) is 3.66. The molecular weight excluding hydrogens is 306 g/mol. The van der Waals surface area contributed by atoms with Crippen LogP contribution in [-0.4, -0.2) is 61.2 Å².